The molecule has 0 spiro atoms. The number of amides is 1. The predicted molar refractivity (Wildman–Crippen MR) is 67.3 cm³/mol. The molecule has 1 aliphatic rings. The van der Waals surface area contributed by atoms with Gasteiger partial charge in [-0.05, 0) is 18.2 Å². The van der Waals surface area contributed by atoms with E-state index < -0.39 is 5.82 Å². The average molecular weight is 273 g/mol. The van der Waals surface area contributed by atoms with Crippen LogP contribution in [0.3, 0.4) is 0 Å². The topological polar surface area (TPSA) is 41.6 Å². The summed E-state index contributed by atoms with van der Waals surface area (Å²) < 4.78 is 18.2. The van der Waals surface area contributed by atoms with Gasteiger partial charge >= 0.3 is 0 Å². The number of halogens is 2. The Morgan fingerprint density at radius 1 is 1.39 bits per heavy atom. The highest BCUT2D eigenvalue weighted by Gasteiger charge is 2.16. The number of carbonyl (C=O) groups excluding carboxylic acids is 1. The molecule has 0 radical (unpaired) electrons. The predicted octanol–water partition coefficient (Wildman–Crippen LogP) is 1.75. The molecular formula is C12H14ClFN2O2. The quantitative estimate of drug-likeness (QED) is 0.911. The monoisotopic (exact) mass is 272 g/mol. The summed E-state index contributed by atoms with van der Waals surface area (Å²) in [5.41, 5.74) is 0.501. The van der Waals surface area contributed by atoms with Gasteiger partial charge in [0.25, 0.3) is 0 Å². The Morgan fingerprint density at radius 2 is 2.11 bits per heavy atom. The van der Waals surface area contributed by atoms with Gasteiger partial charge in [-0.15, -0.1) is 0 Å². The zero-order valence-corrected chi connectivity index (χ0v) is 10.5. The molecule has 0 atom stereocenters. The number of hydrogen-bond donors (Lipinski definition) is 1. The van der Waals surface area contributed by atoms with Gasteiger partial charge in [-0.1, -0.05) is 11.6 Å². The van der Waals surface area contributed by atoms with Gasteiger partial charge in [-0.3, -0.25) is 4.79 Å². The SMILES string of the molecule is O=C(CNc1cc(F)cc(Cl)c1)N1CCOCC1. The van der Waals surface area contributed by atoms with Gasteiger partial charge < -0.3 is 15.0 Å². The van der Waals surface area contributed by atoms with Crippen LogP contribution in [-0.4, -0.2) is 43.7 Å². The lowest BCUT2D eigenvalue weighted by Gasteiger charge is -2.27. The van der Waals surface area contributed by atoms with Crippen LogP contribution in [0.4, 0.5) is 10.1 Å². The first-order valence-corrected chi connectivity index (χ1v) is 6.08. The lowest BCUT2D eigenvalue weighted by molar-refractivity contribution is -0.133. The first-order chi connectivity index (χ1) is 8.65. The lowest BCUT2D eigenvalue weighted by Crippen LogP contribution is -2.43. The molecule has 1 aromatic carbocycles. The molecule has 6 heteroatoms. The van der Waals surface area contributed by atoms with Crippen LogP contribution in [0, 0.1) is 5.82 Å². The van der Waals surface area contributed by atoms with E-state index in [4.69, 9.17) is 16.3 Å². The van der Waals surface area contributed by atoms with Crippen molar-refractivity contribution >= 4 is 23.2 Å². The average Bonchev–Trinajstić information content (AvgIpc) is 2.36. The summed E-state index contributed by atoms with van der Waals surface area (Å²) in [5, 5.41) is 3.17. The summed E-state index contributed by atoms with van der Waals surface area (Å²) in [6, 6.07) is 4.10. The van der Waals surface area contributed by atoms with E-state index in [1.165, 1.54) is 12.1 Å². The standard InChI is InChI=1S/C12H14ClFN2O2/c13-9-5-10(14)7-11(6-9)15-8-12(17)16-1-3-18-4-2-16/h5-7,15H,1-4,8H2. The summed E-state index contributed by atoms with van der Waals surface area (Å²) in [5.74, 6) is -0.456. The summed E-state index contributed by atoms with van der Waals surface area (Å²) >= 11 is 5.72. The number of carbonyl (C=O) groups is 1. The van der Waals surface area contributed by atoms with Crippen LogP contribution in [0.15, 0.2) is 18.2 Å². The minimum Gasteiger partial charge on any atom is -0.378 e. The Balaban J connectivity index is 1.88. The van der Waals surface area contributed by atoms with E-state index in [0.717, 1.165) is 0 Å². The van der Waals surface area contributed by atoms with Crippen LogP contribution in [0.2, 0.25) is 5.02 Å². The van der Waals surface area contributed by atoms with Gasteiger partial charge in [-0.2, -0.15) is 0 Å². The number of nitrogens with one attached hydrogen (secondary N) is 1. The number of nitrogens with zero attached hydrogens (tertiary/aromatic N) is 1. The first-order valence-electron chi connectivity index (χ1n) is 5.70. The number of ether oxygens (including phenoxy) is 1. The molecule has 98 valence electrons. The maximum Gasteiger partial charge on any atom is 0.242 e. The Labute approximate surface area is 110 Å². The highest BCUT2D eigenvalue weighted by molar-refractivity contribution is 6.30. The summed E-state index contributed by atoms with van der Waals surface area (Å²) in [6.07, 6.45) is 0. The molecule has 0 bridgehead atoms. The molecule has 1 fully saturated rings. The fraction of sp³-hybridized carbons (Fsp3) is 0.417. The molecule has 1 heterocycles. The second-order valence-electron chi connectivity index (χ2n) is 4.00. The smallest absolute Gasteiger partial charge is 0.242 e. The van der Waals surface area contributed by atoms with E-state index in [1.807, 2.05) is 0 Å². The van der Waals surface area contributed by atoms with Crippen LogP contribution >= 0.6 is 11.6 Å². The minimum absolute atomic E-state index is 0.0290. The largest absolute Gasteiger partial charge is 0.378 e. The second-order valence-corrected chi connectivity index (χ2v) is 4.44. The second kappa shape index (κ2) is 6.02. The van der Waals surface area contributed by atoms with Gasteiger partial charge in [0.2, 0.25) is 5.91 Å². The zero-order chi connectivity index (χ0) is 13.0. The van der Waals surface area contributed by atoms with Crippen LogP contribution in [0.5, 0.6) is 0 Å². The van der Waals surface area contributed by atoms with Gasteiger partial charge in [0, 0.05) is 23.8 Å². The molecule has 18 heavy (non-hydrogen) atoms. The van der Waals surface area contributed by atoms with Crippen molar-refractivity contribution in [3.05, 3.63) is 29.0 Å². The summed E-state index contributed by atoms with van der Waals surface area (Å²) in [7, 11) is 0. The van der Waals surface area contributed by atoms with Crippen molar-refractivity contribution in [2.75, 3.05) is 38.2 Å². The van der Waals surface area contributed by atoms with E-state index in [9.17, 15) is 9.18 Å². The normalized spacial score (nSPS) is 15.6. The van der Waals surface area contributed by atoms with Crippen molar-refractivity contribution in [1.82, 2.24) is 4.90 Å². The van der Waals surface area contributed by atoms with Crippen molar-refractivity contribution in [1.29, 1.82) is 0 Å². The van der Waals surface area contributed by atoms with Gasteiger partial charge in [0.15, 0.2) is 0 Å². The summed E-state index contributed by atoms with van der Waals surface area (Å²) in [4.78, 5) is 13.5. The molecule has 1 aliphatic heterocycles. The molecular weight excluding hydrogens is 259 g/mol. The molecule has 4 nitrogen and oxygen atoms in total. The van der Waals surface area contributed by atoms with Crippen LogP contribution in [0.1, 0.15) is 0 Å². The van der Waals surface area contributed by atoms with Crippen molar-refractivity contribution < 1.29 is 13.9 Å². The Bertz CT molecular complexity index is 416. The van der Waals surface area contributed by atoms with Gasteiger partial charge in [0.05, 0.1) is 19.8 Å². The highest BCUT2D eigenvalue weighted by Crippen LogP contribution is 2.17. The molecule has 2 rings (SSSR count). The molecule has 1 aromatic rings. The molecule has 1 N–H and O–H groups in total. The van der Waals surface area contributed by atoms with Crippen molar-refractivity contribution in [3.63, 3.8) is 0 Å². The molecule has 0 saturated carbocycles. The number of hydrogen-bond acceptors (Lipinski definition) is 3. The molecule has 0 aliphatic carbocycles. The molecule has 0 unspecified atom stereocenters. The minimum atomic E-state index is -0.427. The Hall–Kier alpha value is -1.33. The van der Waals surface area contributed by atoms with E-state index in [2.05, 4.69) is 5.32 Å². The van der Waals surface area contributed by atoms with E-state index in [-0.39, 0.29) is 12.5 Å². The Kier molecular flexibility index (Phi) is 4.38. The van der Waals surface area contributed by atoms with Crippen molar-refractivity contribution in [2.45, 2.75) is 0 Å². The number of morpholine rings is 1. The zero-order valence-electron chi connectivity index (χ0n) is 9.79. The third-order valence-electron chi connectivity index (χ3n) is 2.67. The van der Waals surface area contributed by atoms with E-state index in [0.29, 0.717) is 37.0 Å². The number of anilines is 1. The molecule has 1 saturated heterocycles. The third-order valence-corrected chi connectivity index (χ3v) is 2.89. The summed E-state index contributed by atoms with van der Waals surface area (Å²) in [6.45, 7) is 2.46. The molecule has 0 aromatic heterocycles. The van der Waals surface area contributed by atoms with Crippen LogP contribution in [-0.2, 0) is 9.53 Å². The van der Waals surface area contributed by atoms with Gasteiger partial charge in [-0.25, -0.2) is 4.39 Å². The molecule has 1 amide bonds. The van der Waals surface area contributed by atoms with E-state index in [1.54, 1.807) is 11.0 Å². The Morgan fingerprint density at radius 3 is 2.78 bits per heavy atom. The fourth-order valence-corrected chi connectivity index (χ4v) is 1.98. The third kappa shape index (κ3) is 3.58. The van der Waals surface area contributed by atoms with Crippen molar-refractivity contribution in [3.8, 4) is 0 Å². The first kappa shape index (κ1) is 13.1. The van der Waals surface area contributed by atoms with Crippen LogP contribution < -0.4 is 5.32 Å². The maximum atomic E-state index is 13.1. The lowest BCUT2D eigenvalue weighted by atomic mass is 10.3. The van der Waals surface area contributed by atoms with Gasteiger partial charge in [0.1, 0.15) is 5.82 Å². The fourth-order valence-electron chi connectivity index (χ4n) is 1.76. The van der Waals surface area contributed by atoms with Crippen LogP contribution in [0.25, 0.3) is 0 Å². The maximum absolute atomic E-state index is 13.1. The van der Waals surface area contributed by atoms with Crippen molar-refractivity contribution in [2.24, 2.45) is 0 Å². The highest BCUT2D eigenvalue weighted by atomic mass is 35.5. The van der Waals surface area contributed by atoms with E-state index >= 15 is 0 Å². The number of rotatable bonds is 3. The number of benzene rings is 1.